The Bertz CT molecular complexity index is 1150. The van der Waals surface area contributed by atoms with Crippen molar-refractivity contribution < 1.29 is 9.53 Å². The van der Waals surface area contributed by atoms with Crippen molar-refractivity contribution >= 4 is 44.0 Å². The Morgan fingerprint density at radius 1 is 1.11 bits per heavy atom. The van der Waals surface area contributed by atoms with Crippen molar-refractivity contribution in [2.75, 3.05) is 26.3 Å². The summed E-state index contributed by atoms with van der Waals surface area (Å²) in [5.74, 6) is 0.0438. The van der Waals surface area contributed by atoms with Gasteiger partial charge in [0.15, 0.2) is 4.96 Å². The number of hydrogen-bond acceptors (Lipinski definition) is 4. The number of carbonyl (C=O) groups is 1. The van der Waals surface area contributed by atoms with Gasteiger partial charge < -0.3 is 9.64 Å². The maximum absolute atomic E-state index is 12.7. The van der Waals surface area contributed by atoms with E-state index in [1.165, 1.54) is 0 Å². The van der Waals surface area contributed by atoms with E-state index in [0.29, 0.717) is 37.0 Å². The van der Waals surface area contributed by atoms with Crippen molar-refractivity contribution in [3.63, 3.8) is 0 Å². The summed E-state index contributed by atoms with van der Waals surface area (Å²) in [4.78, 5) is 20.1. The number of rotatable bonds is 2. The highest BCUT2D eigenvalue weighted by atomic mass is 35.5. The molecule has 1 amide bonds. The van der Waals surface area contributed by atoms with Crippen LogP contribution in [0.4, 0.5) is 0 Å². The van der Waals surface area contributed by atoms with E-state index in [9.17, 15) is 4.79 Å². The van der Waals surface area contributed by atoms with Crippen molar-refractivity contribution in [1.29, 1.82) is 0 Å². The number of carbonyl (C=O) groups excluding carboxylic acids is 1. The Kier molecular flexibility index (Phi) is 4.11. The summed E-state index contributed by atoms with van der Waals surface area (Å²) in [5.41, 5.74) is 3.42. The maximum atomic E-state index is 12.7. The van der Waals surface area contributed by atoms with Crippen LogP contribution in [0.3, 0.4) is 0 Å². The first-order chi connectivity index (χ1) is 13.2. The zero-order chi connectivity index (χ0) is 18.4. The van der Waals surface area contributed by atoms with Crippen LogP contribution in [0.25, 0.3) is 26.4 Å². The minimum atomic E-state index is 0.0438. The maximum Gasteiger partial charge on any atom is 0.254 e. The molecule has 136 valence electrons. The molecule has 27 heavy (non-hydrogen) atoms. The van der Waals surface area contributed by atoms with Crippen LogP contribution in [0.5, 0.6) is 0 Å². The molecule has 0 bridgehead atoms. The van der Waals surface area contributed by atoms with Crippen LogP contribution in [0.2, 0.25) is 5.15 Å². The standard InChI is InChI=1S/C20H16ClN3O2S/c21-18-17(13-4-2-1-3-5-13)22-20-24(18)15-7-6-14(12-16(15)27-20)19(25)23-8-10-26-11-9-23/h1-7,12H,8-11H2. The zero-order valence-electron chi connectivity index (χ0n) is 14.4. The van der Waals surface area contributed by atoms with E-state index in [-0.39, 0.29) is 5.91 Å². The lowest BCUT2D eigenvalue weighted by Gasteiger charge is -2.26. The van der Waals surface area contributed by atoms with Gasteiger partial charge in [-0.25, -0.2) is 4.98 Å². The third-order valence-corrected chi connectivity index (χ3v) is 6.14. The molecule has 0 N–H and O–H groups in total. The summed E-state index contributed by atoms with van der Waals surface area (Å²) >= 11 is 8.20. The molecule has 0 radical (unpaired) electrons. The number of hydrogen-bond donors (Lipinski definition) is 0. The predicted molar refractivity (Wildman–Crippen MR) is 108 cm³/mol. The highest BCUT2D eigenvalue weighted by molar-refractivity contribution is 7.23. The van der Waals surface area contributed by atoms with Crippen LogP contribution >= 0.6 is 22.9 Å². The molecule has 5 rings (SSSR count). The summed E-state index contributed by atoms with van der Waals surface area (Å²) < 4.78 is 8.28. The number of morpholine rings is 1. The largest absolute Gasteiger partial charge is 0.378 e. The summed E-state index contributed by atoms with van der Waals surface area (Å²) in [6, 6.07) is 15.7. The fourth-order valence-corrected chi connectivity index (χ4v) is 4.84. The van der Waals surface area contributed by atoms with Crippen LogP contribution in [0.1, 0.15) is 10.4 Å². The summed E-state index contributed by atoms with van der Waals surface area (Å²) in [7, 11) is 0. The van der Waals surface area contributed by atoms with Crippen LogP contribution in [-0.2, 0) is 4.74 Å². The number of benzene rings is 2. The zero-order valence-corrected chi connectivity index (χ0v) is 16.0. The summed E-state index contributed by atoms with van der Waals surface area (Å²) in [6.07, 6.45) is 0. The molecule has 2 aromatic carbocycles. The molecule has 1 aliphatic heterocycles. The van der Waals surface area contributed by atoms with Gasteiger partial charge in [-0.2, -0.15) is 0 Å². The number of nitrogens with zero attached hydrogens (tertiary/aromatic N) is 3. The Hall–Kier alpha value is -2.41. The van der Waals surface area contributed by atoms with Gasteiger partial charge in [-0.05, 0) is 18.2 Å². The lowest BCUT2D eigenvalue weighted by Crippen LogP contribution is -2.40. The van der Waals surface area contributed by atoms with Crippen molar-refractivity contribution in [3.8, 4) is 11.3 Å². The molecule has 2 aromatic heterocycles. The van der Waals surface area contributed by atoms with Crippen molar-refractivity contribution in [1.82, 2.24) is 14.3 Å². The third kappa shape index (κ3) is 2.81. The Labute approximate surface area is 164 Å². The van der Waals surface area contributed by atoms with E-state index >= 15 is 0 Å². The molecule has 0 unspecified atom stereocenters. The Morgan fingerprint density at radius 2 is 1.89 bits per heavy atom. The first kappa shape index (κ1) is 16.7. The number of amides is 1. The predicted octanol–water partition coefficient (Wildman–Crippen LogP) is 4.34. The SMILES string of the molecule is O=C(c1ccc2c(c1)sc1nc(-c3ccccc3)c(Cl)n12)N1CCOCC1. The Balaban J connectivity index is 1.57. The summed E-state index contributed by atoms with van der Waals surface area (Å²) in [5, 5.41) is 0.592. The smallest absolute Gasteiger partial charge is 0.254 e. The molecule has 1 fully saturated rings. The molecule has 0 aliphatic carbocycles. The van der Waals surface area contributed by atoms with Gasteiger partial charge in [-0.1, -0.05) is 53.3 Å². The van der Waals surface area contributed by atoms with Crippen LogP contribution in [0, 0.1) is 0 Å². The van der Waals surface area contributed by atoms with E-state index in [1.54, 1.807) is 11.3 Å². The van der Waals surface area contributed by atoms with Gasteiger partial charge in [0.25, 0.3) is 5.91 Å². The molecule has 0 atom stereocenters. The number of aromatic nitrogens is 2. The lowest BCUT2D eigenvalue weighted by molar-refractivity contribution is 0.0303. The Morgan fingerprint density at radius 3 is 2.67 bits per heavy atom. The average Bonchev–Trinajstić information content (AvgIpc) is 3.24. The number of ether oxygens (including phenoxy) is 1. The highest BCUT2D eigenvalue weighted by Gasteiger charge is 2.21. The monoisotopic (exact) mass is 397 g/mol. The normalized spacial score (nSPS) is 14.9. The third-order valence-electron chi connectivity index (χ3n) is 4.78. The van der Waals surface area contributed by atoms with E-state index in [2.05, 4.69) is 0 Å². The molecule has 1 saturated heterocycles. The van der Waals surface area contributed by atoms with Crippen LogP contribution < -0.4 is 0 Å². The van der Waals surface area contributed by atoms with Gasteiger partial charge in [-0.15, -0.1) is 0 Å². The van der Waals surface area contributed by atoms with E-state index in [4.69, 9.17) is 21.3 Å². The number of halogens is 1. The van der Waals surface area contributed by atoms with Crippen molar-refractivity contribution in [2.45, 2.75) is 0 Å². The second kappa shape index (κ2) is 6.64. The van der Waals surface area contributed by atoms with Gasteiger partial charge >= 0.3 is 0 Å². The minimum absolute atomic E-state index is 0.0438. The van der Waals surface area contributed by atoms with E-state index in [0.717, 1.165) is 26.4 Å². The molecular formula is C20H16ClN3O2S. The lowest BCUT2D eigenvalue weighted by atomic mass is 10.1. The minimum Gasteiger partial charge on any atom is -0.378 e. The molecule has 7 heteroatoms. The second-order valence-electron chi connectivity index (χ2n) is 6.42. The topological polar surface area (TPSA) is 46.8 Å². The molecule has 0 saturated carbocycles. The molecular weight excluding hydrogens is 382 g/mol. The molecule has 5 nitrogen and oxygen atoms in total. The highest BCUT2D eigenvalue weighted by Crippen LogP contribution is 2.36. The molecule has 3 heterocycles. The van der Waals surface area contributed by atoms with E-state index in [1.807, 2.05) is 57.8 Å². The molecule has 1 aliphatic rings. The molecule has 4 aromatic rings. The van der Waals surface area contributed by atoms with Gasteiger partial charge in [0.2, 0.25) is 0 Å². The quantitative estimate of drug-likeness (QED) is 0.505. The first-order valence-corrected chi connectivity index (χ1v) is 9.95. The fraction of sp³-hybridized carbons (Fsp3) is 0.200. The van der Waals surface area contributed by atoms with Gasteiger partial charge in [0.1, 0.15) is 10.8 Å². The second-order valence-corrected chi connectivity index (χ2v) is 7.79. The average molecular weight is 398 g/mol. The van der Waals surface area contributed by atoms with Crippen LogP contribution in [0.15, 0.2) is 48.5 Å². The molecule has 0 spiro atoms. The van der Waals surface area contributed by atoms with Gasteiger partial charge in [-0.3, -0.25) is 9.20 Å². The van der Waals surface area contributed by atoms with Crippen molar-refractivity contribution in [2.24, 2.45) is 0 Å². The first-order valence-electron chi connectivity index (χ1n) is 8.75. The van der Waals surface area contributed by atoms with Gasteiger partial charge in [0.05, 0.1) is 23.4 Å². The number of thiazole rings is 1. The number of fused-ring (bicyclic) bond motifs is 3. The number of imidazole rings is 1. The fourth-order valence-electron chi connectivity index (χ4n) is 3.40. The summed E-state index contributed by atoms with van der Waals surface area (Å²) in [6.45, 7) is 2.46. The van der Waals surface area contributed by atoms with Gasteiger partial charge in [0, 0.05) is 24.2 Å². The van der Waals surface area contributed by atoms with Crippen LogP contribution in [-0.4, -0.2) is 46.5 Å². The van der Waals surface area contributed by atoms with E-state index < -0.39 is 0 Å². The van der Waals surface area contributed by atoms with Crippen molar-refractivity contribution in [3.05, 3.63) is 59.2 Å².